The van der Waals surface area contributed by atoms with Gasteiger partial charge in [-0.2, -0.15) is 9.78 Å². The van der Waals surface area contributed by atoms with E-state index in [1.807, 2.05) is 18.2 Å². The van der Waals surface area contributed by atoms with Gasteiger partial charge in [-0.25, -0.2) is 15.0 Å². The normalized spacial score (nSPS) is 14.6. The summed E-state index contributed by atoms with van der Waals surface area (Å²) in [5, 5.41) is 8.17. The predicted octanol–water partition coefficient (Wildman–Crippen LogP) is 0.481. The van der Waals surface area contributed by atoms with Crippen LogP contribution in [0.15, 0.2) is 36.9 Å². The second-order valence-electron chi connectivity index (χ2n) is 5.55. The second-order valence-corrected chi connectivity index (χ2v) is 5.55. The summed E-state index contributed by atoms with van der Waals surface area (Å²) in [6.07, 6.45) is 4.82. The lowest BCUT2D eigenvalue weighted by Crippen LogP contribution is -2.43. The van der Waals surface area contributed by atoms with E-state index in [0.29, 0.717) is 43.6 Å². The molecule has 1 aliphatic heterocycles. The summed E-state index contributed by atoms with van der Waals surface area (Å²) in [4.78, 5) is 26.9. The molecule has 0 saturated carbocycles. The number of rotatable bonds is 4. The molecule has 4 heterocycles. The first-order chi connectivity index (χ1) is 12.3. The van der Waals surface area contributed by atoms with E-state index in [9.17, 15) is 4.79 Å². The van der Waals surface area contributed by atoms with Crippen molar-refractivity contribution in [3.05, 3.63) is 36.9 Å². The molecule has 0 atom stereocenters. The fourth-order valence-electron chi connectivity index (χ4n) is 2.72. The van der Waals surface area contributed by atoms with Crippen LogP contribution in [-0.2, 0) is 9.53 Å². The first-order valence-corrected chi connectivity index (χ1v) is 8.02. The molecule has 1 aliphatic rings. The van der Waals surface area contributed by atoms with Gasteiger partial charge in [0.25, 0.3) is 0 Å². The van der Waals surface area contributed by atoms with E-state index >= 15 is 0 Å². The SMILES string of the molecule is O=C(CNc1ncnc2c1cnn2-c1ccccn1)N1CCOCC1. The standard InChI is InChI=1S/C16H17N7O2/c24-14(22-5-7-25-8-6-22)10-18-15-12-9-21-23(16(12)20-11-19-15)13-3-1-2-4-17-13/h1-4,9,11H,5-8,10H2,(H,18,19,20). The molecule has 9 heteroatoms. The van der Waals surface area contributed by atoms with Crippen molar-refractivity contribution in [1.29, 1.82) is 0 Å². The van der Waals surface area contributed by atoms with E-state index in [2.05, 4.69) is 25.4 Å². The summed E-state index contributed by atoms with van der Waals surface area (Å²) < 4.78 is 6.91. The van der Waals surface area contributed by atoms with Gasteiger partial charge in [-0.1, -0.05) is 6.07 Å². The lowest BCUT2D eigenvalue weighted by molar-refractivity contribution is -0.133. The van der Waals surface area contributed by atoms with Crippen LogP contribution in [0, 0.1) is 0 Å². The van der Waals surface area contributed by atoms with E-state index in [0.717, 1.165) is 5.39 Å². The van der Waals surface area contributed by atoms with Gasteiger partial charge < -0.3 is 15.0 Å². The molecule has 9 nitrogen and oxygen atoms in total. The molecular formula is C16H17N7O2. The maximum absolute atomic E-state index is 12.3. The summed E-state index contributed by atoms with van der Waals surface area (Å²) in [5.74, 6) is 1.27. The number of ether oxygens (including phenoxy) is 1. The molecule has 1 saturated heterocycles. The first-order valence-electron chi connectivity index (χ1n) is 8.02. The number of nitrogens with zero attached hydrogens (tertiary/aromatic N) is 6. The van der Waals surface area contributed by atoms with Crippen LogP contribution in [0.1, 0.15) is 0 Å². The molecule has 1 amide bonds. The van der Waals surface area contributed by atoms with Crippen molar-refractivity contribution in [3.63, 3.8) is 0 Å². The zero-order chi connectivity index (χ0) is 17.1. The molecule has 3 aromatic heterocycles. The van der Waals surface area contributed by atoms with E-state index in [-0.39, 0.29) is 12.5 Å². The molecule has 0 bridgehead atoms. The highest BCUT2D eigenvalue weighted by Gasteiger charge is 2.17. The average Bonchev–Trinajstić information content (AvgIpc) is 3.12. The summed E-state index contributed by atoms with van der Waals surface area (Å²) in [6.45, 7) is 2.58. The number of amides is 1. The lowest BCUT2D eigenvalue weighted by Gasteiger charge is -2.26. The van der Waals surface area contributed by atoms with Gasteiger partial charge in [0.2, 0.25) is 5.91 Å². The third-order valence-electron chi connectivity index (χ3n) is 4.00. The highest BCUT2D eigenvalue weighted by molar-refractivity contribution is 5.89. The Bertz CT molecular complexity index is 875. The number of aromatic nitrogens is 5. The highest BCUT2D eigenvalue weighted by Crippen LogP contribution is 2.20. The zero-order valence-corrected chi connectivity index (χ0v) is 13.5. The Morgan fingerprint density at radius 2 is 2.08 bits per heavy atom. The van der Waals surface area contributed by atoms with E-state index in [1.54, 1.807) is 22.0 Å². The maximum Gasteiger partial charge on any atom is 0.242 e. The fourth-order valence-corrected chi connectivity index (χ4v) is 2.72. The third-order valence-corrected chi connectivity index (χ3v) is 4.00. The molecule has 128 valence electrons. The monoisotopic (exact) mass is 339 g/mol. The van der Waals surface area contributed by atoms with Crippen LogP contribution in [0.5, 0.6) is 0 Å². The van der Waals surface area contributed by atoms with Gasteiger partial charge in [0.1, 0.15) is 12.1 Å². The van der Waals surface area contributed by atoms with E-state index in [4.69, 9.17) is 4.74 Å². The number of fused-ring (bicyclic) bond motifs is 1. The van der Waals surface area contributed by atoms with Crippen LogP contribution in [-0.4, -0.2) is 68.4 Å². The molecule has 0 aromatic carbocycles. The van der Waals surface area contributed by atoms with Crippen molar-refractivity contribution in [1.82, 2.24) is 29.6 Å². The molecule has 0 unspecified atom stereocenters. The lowest BCUT2D eigenvalue weighted by atomic mass is 10.3. The Labute approximate surface area is 143 Å². The van der Waals surface area contributed by atoms with Gasteiger partial charge in [-0.3, -0.25) is 4.79 Å². The van der Waals surface area contributed by atoms with Gasteiger partial charge in [0.15, 0.2) is 11.5 Å². The van der Waals surface area contributed by atoms with Crippen molar-refractivity contribution in [2.45, 2.75) is 0 Å². The average molecular weight is 339 g/mol. The summed E-state index contributed by atoms with van der Waals surface area (Å²) in [5.41, 5.74) is 0.634. The van der Waals surface area contributed by atoms with E-state index < -0.39 is 0 Å². The fraction of sp³-hybridized carbons (Fsp3) is 0.312. The molecule has 0 aliphatic carbocycles. The van der Waals surface area contributed by atoms with Crippen LogP contribution in [0.25, 0.3) is 16.9 Å². The smallest absolute Gasteiger partial charge is 0.242 e. The third kappa shape index (κ3) is 3.13. The van der Waals surface area contributed by atoms with Crippen molar-refractivity contribution >= 4 is 22.8 Å². The molecule has 25 heavy (non-hydrogen) atoms. The predicted molar refractivity (Wildman–Crippen MR) is 90.3 cm³/mol. The Kier molecular flexibility index (Phi) is 4.21. The van der Waals surface area contributed by atoms with Crippen LogP contribution in [0.4, 0.5) is 5.82 Å². The summed E-state index contributed by atoms with van der Waals surface area (Å²) in [7, 11) is 0. The first kappa shape index (κ1) is 15.5. The van der Waals surface area contributed by atoms with Crippen LogP contribution in [0.3, 0.4) is 0 Å². The quantitative estimate of drug-likeness (QED) is 0.738. The van der Waals surface area contributed by atoms with Crippen molar-refractivity contribution < 1.29 is 9.53 Å². The Hall–Kier alpha value is -3.07. The maximum atomic E-state index is 12.3. The minimum atomic E-state index is 0.0205. The number of carbonyl (C=O) groups is 1. The molecule has 1 fully saturated rings. The Balaban J connectivity index is 1.54. The van der Waals surface area contributed by atoms with Crippen molar-refractivity contribution in [3.8, 4) is 5.82 Å². The van der Waals surface area contributed by atoms with Gasteiger partial charge >= 0.3 is 0 Å². The van der Waals surface area contributed by atoms with Crippen LogP contribution >= 0.6 is 0 Å². The van der Waals surface area contributed by atoms with Crippen LogP contribution < -0.4 is 5.32 Å². The van der Waals surface area contributed by atoms with Gasteiger partial charge in [0.05, 0.1) is 31.3 Å². The highest BCUT2D eigenvalue weighted by atomic mass is 16.5. The second kappa shape index (κ2) is 6.81. The topological polar surface area (TPSA) is 98.1 Å². The van der Waals surface area contributed by atoms with Gasteiger partial charge in [-0.15, -0.1) is 0 Å². The Morgan fingerprint density at radius 3 is 2.88 bits per heavy atom. The number of carbonyl (C=O) groups excluding carboxylic acids is 1. The summed E-state index contributed by atoms with van der Waals surface area (Å²) in [6, 6.07) is 5.58. The molecule has 1 N–H and O–H groups in total. The molecule has 0 radical (unpaired) electrons. The molecular weight excluding hydrogens is 322 g/mol. The number of morpholine rings is 1. The van der Waals surface area contributed by atoms with Crippen LogP contribution in [0.2, 0.25) is 0 Å². The molecule has 0 spiro atoms. The molecule has 4 rings (SSSR count). The summed E-state index contributed by atoms with van der Waals surface area (Å²) >= 11 is 0. The minimum Gasteiger partial charge on any atom is -0.378 e. The van der Waals surface area contributed by atoms with E-state index in [1.165, 1.54) is 6.33 Å². The van der Waals surface area contributed by atoms with Gasteiger partial charge in [-0.05, 0) is 12.1 Å². The molecule has 3 aromatic rings. The number of anilines is 1. The number of pyridine rings is 1. The largest absolute Gasteiger partial charge is 0.378 e. The van der Waals surface area contributed by atoms with Crippen molar-refractivity contribution in [2.75, 3.05) is 38.2 Å². The van der Waals surface area contributed by atoms with Crippen molar-refractivity contribution in [2.24, 2.45) is 0 Å². The minimum absolute atomic E-state index is 0.0205. The number of nitrogens with one attached hydrogen (secondary N) is 1. The number of hydrogen-bond donors (Lipinski definition) is 1. The number of hydrogen-bond acceptors (Lipinski definition) is 7. The van der Waals surface area contributed by atoms with Gasteiger partial charge in [0, 0.05) is 19.3 Å². The zero-order valence-electron chi connectivity index (χ0n) is 13.5. The Morgan fingerprint density at radius 1 is 1.20 bits per heavy atom.